The summed E-state index contributed by atoms with van der Waals surface area (Å²) >= 11 is 0. The molecule has 0 fully saturated rings. The van der Waals surface area contributed by atoms with Crippen LogP contribution in [0.2, 0.25) is 0 Å². The molecule has 0 saturated heterocycles. The van der Waals surface area contributed by atoms with Crippen LogP contribution in [0.15, 0.2) is 103 Å². The maximum absolute atomic E-state index is 5.77. The molecule has 0 aliphatic carbocycles. The Hall–Kier alpha value is -3.52. The first-order valence-electron chi connectivity index (χ1n) is 8.67. The van der Waals surface area contributed by atoms with Crippen molar-refractivity contribution in [1.29, 1.82) is 0 Å². The Morgan fingerprint density at radius 3 is 1.77 bits per heavy atom. The maximum atomic E-state index is 5.77. The SMILES string of the molecule is Nc1ccc(-c2ccc(Nc3ccccc3-c3ccccc3)cc2)cc1. The van der Waals surface area contributed by atoms with Gasteiger partial charge < -0.3 is 11.1 Å². The number of nitrogens with two attached hydrogens (primary N) is 1. The molecule has 0 spiro atoms. The molecule has 2 heteroatoms. The summed E-state index contributed by atoms with van der Waals surface area (Å²) in [6.45, 7) is 0. The molecular weight excluding hydrogens is 316 g/mol. The average Bonchev–Trinajstić information content (AvgIpc) is 2.70. The Balaban J connectivity index is 1.60. The lowest BCUT2D eigenvalue weighted by molar-refractivity contribution is 1.53. The number of benzene rings is 4. The zero-order valence-corrected chi connectivity index (χ0v) is 14.4. The van der Waals surface area contributed by atoms with Crippen molar-refractivity contribution in [2.75, 3.05) is 11.1 Å². The zero-order chi connectivity index (χ0) is 17.8. The topological polar surface area (TPSA) is 38.0 Å². The molecule has 0 heterocycles. The van der Waals surface area contributed by atoms with Crippen LogP contribution in [0.3, 0.4) is 0 Å². The Morgan fingerprint density at radius 1 is 0.500 bits per heavy atom. The molecule has 0 aromatic heterocycles. The van der Waals surface area contributed by atoms with E-state index in [1.54, 1.807) is 0 Å². The molecule has 4 aromatic rings. The van der Waals surface area contributed by atoms with Crippen molar-refractivity contribution >= 4 is 17.1 Å². The minimum atomic E-state index is 0.782. The van der Waals surface area contributed by atoms with Gasteiger partial charge in [-0.2, -0.15) is 0 Å². The van der Waals surface area contributed by atoms with Gasteiger partial charge in [0.25, 0.3) is 0 Å². The van der Waals surface area contributed by atoms with Crippen LogP contribution in [0.4, 0.5) is 17.1 Å². The number of rotatable bonds is 4. The first-order chi connectivity index (χ1) is 12.8. The van der Waals surface area contributed by atoms with Crippen LogP contribution >= 0.6 is 0 Å². The molecule has 0 aliphatic heterocycles. The van der Waals surface area contributed by atoms with Crippen molar-refractivity contribution in [1.82, 2.24) is 0 Å². The summed E-state index contributed by atoms with van der Waals surface area (Å²) in [6.07, 6.45) is 0. The maximum Gasteiger partial charge on any atom is 0.0463 e. The number of nitrogens with one attached hydrogen (secondary N) is 1. The van der Waals surface area contributed by atoms with Crippen molar-refractivity contribution in [3.05, 3.63) is 103 Å². The van der Waals surface area contributed by atoms with E-state index in [1.165, 1.54) is 16.7 Å². The normalized spacial score (nSPS) is 10.5. The van der Waals surface area contributed by atoms with Crippen LogP contribution in [0.25, 0.3) is 22.3 Å². The molecule has 0 atom stereocenters. The smallest absolute Gasteiger partial charge is 0.0463 e. The summed E-state index contributed by atoms with van der Waals surface area (Å²) in [5.41, 5.74) is 13.4. The van der Waals surface area contributed by atoms with Crippen LogP contribution in [0, 0.1) is 0 Å². The van der Waals surface area contributed by atoms with E-state index >= 15 is 0 Å². The van der Waals surface area contributed by atoms with Gasteiger partial charge in [0.15, 0.2) is 0 Å². The molecule has 0 aliphatic rings. The molecule has 26 heavy (non-hydrogen) atoms. The van der Waals surface area contributed by atoms with E-state index in [-0.39, 0.29) is 0 Å². The van der Waals surface area contributed by atoms with Crippen LogP contribution in [-0.2, 0) is 0 Å². The van der Waals surface area contributed by atoms with Crippen molar-refractivity contribution in [2.45, 2.75) is 0 Å². The standard InChI is InChI=1S/C24H20N2/c25-21-14-10-18(11-15-21)19-12-16-22(17-13-19)26-24-9-5-4-8-23(24)20-6-2-1-3-7-20/h1-17,26H,25H2. The Labute approximate surface area is 153 Å². The second kappa shape index (κ2) is 7.16. The van der Waals surface area contributed by atoms with E-state index < -0.39 is 0 Å². The molecule has 4 rings (SSSR count). The van der Waals surface area contributed by atoms with Gasteiger partial charge in [-0.25, -0.2) is 0 Å². The number of nitrogen functional groups attached to an aromatic ring is 1. The van der Waals surface area contributed by atoms with E-state index in [4.69, 9.17) is 5.73 Å². The van der Waals surface area contributed by atoms with Gasteiger partial charge in [-0.3, -0.25) is 0 Å². The molecule has 4 aromatic carbocycles. The quantitative estimate of drug-likeness (QED) is 0.426. The molecule has 3 N–H and O–H groups in total. The van der Waals surface area contributed by atoms with Crippen LogP contribution in [-0.4, -0.2) is 0 Å². The van der Waals surface area contributed by atoms with Crippen LogP contribution in [0.1, 0.15) is 0 Å². The first-order valence-corrected chi connectivity index (χ1v) is 8.67. The number of hydrogen-bond donors (Lipinski definition) is 2. The van der Waals surface area contributed by atoms with Crippen LogP contribution < -0.4 is 11.1 Å². The van der Waals surface area contributed by atoms with E-state index in [9.17, 15) is 0 Å². The predicted molar refractivity (Wildman–Crippen MR) is 111 cm³/mol. The lowest BCUT2D eigenvalue weighted by Crippen LogP contribution is -1.93. The van der Waals surface area contributed by atoms with E-state index in [0.29, 0.717) is 0 Å². The Kier molecular flexibility index (Phi) is 4.40. The second-order valence-electron chi connectivity index (χ2n) is 6.24. The monoisotopic (exact) mass is 336 g/mol. The third kappa shape index (κ3) is 3.45. The predicted octanol–water partition coefficient (Wildman–Crippen LogP) is 6.35. The molecular formula is C24H20N2. The largest absolute Gasteiger partial charge is 0.399 e. The first kappa shape index (κ1) is 16.0. The summed E-state index contributed by atoms with van der Waals surface area (Å²) in [6, 6.07) is 35.2. The fraction of sp³-hybridized carbons (Fsp3) is 0. The summed E-state index contributed by atoms with van der Waals surface area (Å²) < 4.78 is 0. The molecule has 2 nitrogen and oxygen atoms in total. The highest BCUT2D eigenvalue weighted by Gasteiger charge is 2.05. The van der Waals surface area contributed by atoms with E-state index in [2.05, 4.69) is 78.1 Å². The molecule has 0 unspecified atom stereocenters. The van der Waals surface area contributed by atoms with Gasteiger partial charge in [0, 0.05) is 22.6 Å². The summed E-state index contributed by atoms with van der Waals surface area (Å²) in [5.74, 6) is 0. The minimum absolute atomic E-state index is 0.782. The molecule has 0 radical (unpaired) electrons. The fourth-order valence-electron chi connectivity index (χ4n) is 3.04. The summed E-state index contributed by atoms with van der Waals surface area (Å²) in [4.78, 5) is 0. The summed E-state index contributed by atoms with van der Waals surface area (Å²) in [7, 11) is 0. The van der Waals surface area contributed by atoms with Crippen molar-refractivity contribution in [2.24, 2.45) is 0 Å². The van der Waals surface area contributed by atoms with Gasteiger partial charge >= 0.3 is 0 Å². The highest BCUT2D eigenvalue weighted by atomic mass is 14.9. The third-order valence-electron chi connectivity index (χ3n) is 4.42. The lowest BCUT2D eigenvalue weighted by atomic mass is 10.0. The van der Waals surface area contributed by atoms with Gasteiger partial charge in [-0.15, -0.1) is 0 Å². The van der Waals surface area contributed by atoms with Gasteiger partial charge in [0.05, 0.1) is 0 Å². The average molecular weight is 336 g/mol. The van der Waals surface area contributed by atoms with Crippen molar-refractivity contribution in [3.63, 3.8) is 0 Å². The van der Waals surface area contributed by atoms with Gasteiger partial charge in [-0.05, 0) is 47.0 Å². The highest BCUT2D eigenvalue weighted by molar-refractivity contribution is 5.81. The van der Waals surface area contributed by atoms with Gasteiger partial charge in [0.2, 0.25) is 0 Å². The van der Waals surface area contributed by atoms with Gasteiger partial charge in [-0.1, -0.05) is 72.8 Å². The molecule has 126 valence electrons. The van der Waals surface area contributed by atoms with Crippen LogP contribution in [0.5, 0.6) is 0 Å². The fourth-order valence-corrected chi connectivity index (χ4v) is 3.04. The number of anilines is 3. The highest BCUT2D eigenvalue weighted by Crippen LogP contribution is 2.31. The Morgan fingerprint density at radius 2 is 1.08 bits per heavy atom. The lowest BCUT2D eigenvalue weighted by Gasteiger charge is -2.13. The molecule has 0 amide bonds. The van der Waals surface area contributed by atoms with Gasteiger partial charge in [0.1, 0.15) is 0 Å². The van der Waals surface area contributed by atoms with Crippen molar-refractivity contribution in [3.8, 4) is 22.3 Å². The number of hydrogen-bond acceptors (Lipinski definition) is 2. The molecule has 0 bridgehead atoms. The minimum Gasteiger partial charge on any atom is -0.399 e. The Bertz CT molecular complexity index is 988. The van der Waals surface area contributed by atoms with E-state index in [1.807, 2.05) is 30.3 Å². The molecule has 0 saturated carbocycles. The third-order valence-corrected chi connectivity index (χ3v) is 4.42. The summed E-state index contributed by atoms with van der Waals surface area (Å²) in [5, 5.41) is 3.54. The van der Waals surface area contributed by atoms with E-state index in [0.717, 1.165) is 22.6 Å². The zero-order valence-electron chi connectivity index (χ0n) is 14.4. The second-order valence-corrected chi connectivity index (χ2v) is 6.24. The number of para-hydroxylation sites is 1. The van der Waals surface area contributed by atoms with Crippen molar-refractivity contribution < 1.29 is 0 Å².